The number of methoxy groups -OCH3 is 1. The number of rotatable bonds is 4. The zero-order valence-electron chi connectivity index (χ0n) is 8.71. The minimum Gasteiger partial charge on any atom is -0.496 e. The first-order chi connectivity index (χ1) is 7.10. The van der Waals surface area contributed by atoms with E-state index in [-0.39, 0.29) is 6.42 Å². The number of carboxylic acid groups (broad SMARTS) is 1. The Kier molecular flexibility index (Phi) is 4.15. The van der Waals surface area contributed by atoms with Crippen molar-refractivity contribution in [1.82, 2.24) is 0 Å². The highest BCUT2D eigenvalue weighted by atomic mass is 79.9. The third-order valence-electron chi connectivity index (χ3n) is 2.30. The van der Waals surface area contributed by atoms with Gasteiger partial charge in [0.2, 0.25) is 0 Å². The first-order valence-electron chi connectivity index (χ1n) is 4.53. The van der Waals surface area contributed by atoms with E-state index < -0.39 is 5.97 Å². The molecule has 0 aliphatic heterocycles. The summed E-state index contributed by atoms with van der Waals surface area (Å²) in [4.78, 5) is 10.7. The molecule has 1 aromatic rings. The average Bonchev–Trinajstić information content (AvgIpc) is 2.18. The molecule has 0 spiro atoms. The summed E-state index contributed by atoms with van der Waals surface area (Å²) in [5.41, 5.74) is 2.82. The molecule has 15 heavy (non-hydrogen) atoms. The molecular weight excluding hydrogens is 260 g/mol. The molecule has 1 aromatic carbocycles. The van der Waals surface area contributed by atoms with Gasteiger partial charge in [0, 0.05) is 10.9 Å². The number of hydrogen-bond acceptors (Lipinski definition) is 2. The van der Waals surface area contributed by atoms with Gasteiger partial charge < -0.3 is 9.84 Å². The van der Waals surface area contributed by atoms with Crippen LogP contribution in [0, 0.1) is 6.92 Å². The molecular formula is C11H13BrO3. The number of aryl methyl sites for hydroxylation is 1. The molecule has 3 nitrogen and oxygen atoms in total. The lowest BCUT2D eigenvalue weighted by Gasteiger charge is -2.13. The third kappa shape index (κ3) is 2.72. The molecule has 0 heterocycles. The highest BCUT2D eigenvalue weighted by molar-refractivity contribution is 9.08. The van der Waals surface area contributed by atoms with E-state index in [2.05, 4.69) is 15.9 Å². The standard InChI is InChI=1S/C11H13BrO3/c1-7-3-4-10(15-2)8(5-11(13)14)9(7)6-12/h3-4H,5-6H2,1-2H3,(H,13,14). The topological polar surface area (TPSA) is 46.5 Å². The minimum absolute atomic E-state index is 0.00815. The zero-order chi connectivity index (χ0) is 11.4. The van der Waals surface area contributed by atoms with E-state index in [1.165, 1.54) is 0 Å². The Morgan fingerprint density at radius 2 is 2.13 bits per heavy atom. The van der Waals surface area contributed by atoms with Crippen molar-refractivity contribution in [3.8, 4) is 5.75 Å². The second-order valence-corrected chi connectivity index (χ2v) is 3.81. The molecule has 0 saturated heterocycles. The van der Waals surface area contributed by atoms with Gasteiger partial charge in [-0.1, -0.05) is 22.0 Å². The number of benzene rings is 1. The second kappa shape index (κ2) is 5.16. The van der Waals surface area contributed by atoms with Crippen molar-refractivity contribution >= 4 is 21.9 Å². The Bertz CT molecular complexity index is 374. The van der Waals surface area contributed by atoms with Gasteiger partial charge >= 0.3 is 5.97 Å². The van der Waals surface area contributed by atoms with Crippen molar-refractivity contribution in [3.63, 3.8) is 0 Å². The quantitative estimate of drug-likeness (QED) is 0.857. The number of halogens is 1. The predicted molar refractivity (Wildman–Crippen MR) is 61.7 cm³/mol. The maximum absolute atomic E-state index is 10.7. The lowest BCUT2D eigenvalue weighted by molar-refractivity contribution is -0.136. The number of alkyl halides is 1. The first-order valence-corrected chi connectivity index (χ1v) is 5.65. The fourth-order valence-corrected chi connectivity index (χ4v) is 2.29. The predicted octanol–water partition coefficient (Wildman–Crippen LogP) is 2.53. The van der Waals surface area contributed by atoms with Crippen LogP contribution in [0.1, 0.15) is 16.7 Å². The van der Waals surface area contributed by atoms with Crippen LogP contribution in [0.15, 0.2) is 12.1 Å². The largest absolute Gasteiger partial charge is 0.496 e. The van der Waals surface area contributed by atoms with E-state index in [0.29, 0.717) is 11.1 Å². The molecule has 1 N–H and O–H groups in total. The van der Waals surface area contributed by atoms with Gasteiger partial charge in [0.1, 0.15) is 5.75 Å². The molecule has 0 bridgehead atoms. The van der Waals surface area contributed by atoms with Crippen LogP contribution in [0.5, 0.6) is 5.75 Å². The molecule has 1 rings (SSSR count). The number of carboxylic acids is 1. The number of hydrogen-bond donors (Lipinski definition) is 1. The third-order valence-corrected chi connectivity index (χ3v) is 2.86. The van der Waals surface area contributed by atoms with Crippen molar-refractivity contribution in [1.29, 1.82) is 0 Å². The van der Waals surface area contributed by atoms with Gasteiger partial charge in [-0.2, -0.15) is 0 Å². The molecule has 0 aliphatic rings. The average molecular weight is 273 g/mol. The maximum Gasteiger partial charge on any atom is 0.307 e. The van der Waals surface area contributed by atoms with Gasteiger partial charge in [0.15, 0.2) is 0 Å². The van der Waals surface area contributed by atoms with E-state index in [4.69, 9.17) is 9.84 Å². The fraction of sp³-hybridized carbons (Fsp3) is 0.364. The summed E-state index contributed by atoms with van der Waals surface area (Å²) in [7, 11) is 1.55. The smallest absolute Gasteiger partial charge is 0.307 e. The number of aliphatic carboxylic acids is 1. The van der Waals surface area contributed by atoms with Gasteiger partial charge in [-0.15, -0.1) is 0 Å². The Morgan fingerprint density at radius 1 is 1.47 bits per heavy atom. The molecule has 0 aromatic heterocycles. The summed E-state index contributed by atoms with van der Waals surface area (Å²) in [6.45, 7) is 1.96. The molecule has 82 valence electrons. The SMILES string of the molecule is COc1ccc(C)c(CBr)c1CC(=O)O. The Labute approximate surface area is 97.2 Å². The van der Waals surface area contributed by atoms with Crippen LogP contribution in [0.3, 0.4) is 0 Å². The Hall–Kier alpha value is -1.03. The highest BCUT2D eigenvalue weighted by Gasteiger charge is 2.13. The lowest BCUT2D eigenvalue weighted by atomic mass is 10.00. The molecule has 0 saturated carbocycles. The van der Waals surface area contributed by atoms with E-state index >= 15 is 0 Å². The minimum atomic E-state index is -0.846. The Balaban J connectivity index is 3.26. The molecule has 0 radical (unpaired) electrons. The van der Waals surface area contributed by atoms with Crippen LogP contribution in [0.4, 0.5) is 0 Å². The van der Waals surface area contributed by atoms with Gasteiger partial charge in [-0.25, -0.2) is 0 Å². The lowest BCUT2D eigenvalue weighted by Crippen LogP contribution is -2.06. The summed E-state index contributed by atoms with van der Waals surface area (Å²) in [6.07, 6.45) is -0.00815. The molecule has 0 amide bonds. The normalized spacial score (nSPS) is 10.1. The first kappa shape index (κ1) is 12.0. The Morgan fingerprint density at radius 3 is 2.60 bits per heavy atom. The van der Waals surface area contributed by atoms with Gasteiger partial charge in [0.05, 0.1) is 13.5 Å². The van der Waals surface area contributed by atoms with Crippen LogP contribution in [0.2, 0.25) is 0 Å². The summed E-state index contributed by atoms with van der Waals surface area (Å²) >= 11 is 3.36. The monoisotopic (exact) mass is 272 g/mol. The molecule has 0 aliphatic carbocycles. The number of carbonyl (C=O) groups is 1. The van der Waals surface area contributed by atoms with Crippen LogP contribution in [-0.4, -0.2) is 18.2 Å². The second-order valence-electron chi connectivity index (χ2n) is 3.25. The molecule has 4 heteroatoms. The summed E-state index contributed by atoms with van der Waals surface area (Å²) < 4.78 is 5.16. The fourth-order valence-electron chi connectivity index (χ4n) is 1.51. The van der Waals surface area contributed by atoms with Gasteiger partial charge in [-0.05, 0) is 24.1 Å². The molecule has 0 unspecified atom stereocenters. The van der Waals surface area contributed by atoms with Crippen molar-refractivity contribution in [3.05, 3.63) is 28.8 Å². The summed E-state index contributed by atoms with van der Waals surface area (Å²) in [5, 5.41) is 9.46. The summed E-state index contributed by atoms with van der Waals surface area (Å²) in [5.74, 6) is -0.210. The van der Waals surface area contributed by atoms with Crippen molar-refractivity contribution < 1.29 is 14.6 Å². The number of ether oxygens (including phenoxy) is 1. The van der Waals surface area contributed by atoms with Crippen LogP contribution in [0.25, 0.3) is 0 Å². The van der Waals surface area contributed by atoms with E-state index in [9.17, 15) is 4.79 Å². The molecule has 0 fully saturated rings. The van der Waals surface area contributed by atoms with E-state index in [1.807, 2.05) is 13.0 Å². The molecule has 0 atom stereocenters. The maximum atomic E-state index is 10.7. The van der Waals surface area contributed by atoms with Gasteiger partial charge in [-0.3, -0.25) is 4.79 Å². The summed E-state index contributed by atoms with van der Waals surface area (Å²) in [6, 6.07) is 3.74. The van der Waals surface area contributed by atoms with Crippen molar-refractivity contribution in [2.75, 3.05) is 7.11 Å². The van der Waals surface area contributed by atoms with E-state index in [1.54, 1.807) is 13.2 Å². The van der Waals surface area contributed by atoms with Crippen LogP contribution < -0.4 is 4.74 Å². The highest BCUT2D eigenvalue weighted by Crippen LogP contribution is 2.27. The van der Waals surface area contributed by atoms with E-state index in [0.717, 1.165) is 16.7 Å². The van der Waals surface area contributed by atoms with Crippen molar-refractivity contribution in [2.45, 2.75) is 18.7 Å². The van der Waals surface area contributed by atoms with Crippen LogP contribution in [-0.2, 0) is 16.5 Å². The van der Waals surface area contributed by atoms with Crippen molar-refractivity contribution in [2.24, 2.45) is 0 Å². The van der Waals surface area contributed by atoms with Gasteiger partial charge in [0.25, 0.3) is 0 Å². The zero-order valence-corrected chi connectivity index (χ0v) is 10.3. The van der Waals surface area contributed by atoms with Crippen LogP contribution >= 0.6 is 15.9 Å².